The fraction of sp³-hybridized carbons (Fsp3) is 0.0769. The first-order chi connectivity index (χ1) is 8.70. The molecule has 2 aliphatic rings. The standard InChI is InChI=1S/C13H8N2O3.2BrH/c1-18-8-4-2-7(3-5-8)11-10-9(12(16)15-11)6-14-13(10)17;;/h2-6H,1H3;2*1H. The molecule has 2 heterocycles. The third kappa shape index (κ3) is 2.51. The van der Waals surface area contributed by atoms with Crippen LogP contribution in [0.25, 0.3) is 11.3 Å². The summed E-state index contributed by atoms with van der Waals surface area (Å²) in [5.41, 5.74) is 0.268. The van der Waals surface area contributed by atoms with E-state index in [4.69, 9.17) is 4.74 Å². The molecular weight excluding hydrogens is 392 g/mol. The van der Waals surface area contributed by atoms with Crippen LogP contribution in [0.3, 0.4) is 0 Å². The maximum Gasteiger partial charge on any atom is 0.280 e. The molecule has 0 unspecified atom stereocenters. The molecule has 0 radical (unpaired) electrons. The highest BCUT2D eigenvalue weighted by Gasteiger charge is 2.13. The molecule has 5 nitrogen and oxygen atoms in total. The van der Waals surface area contributed by atoms with Crippen molar-refractivity contribution in [1.82, 2.24) is 9.97 Å². The van der Waals surface area contributed by atoms with E-state index in [0.29, 0.717) is 22.2 Å². The Kier molecular flexibility index (Phi) is 5.13. The number of benzene rings is 1. The van der Waals surface area contributed by atoms with Crippen LogP contribution in [0.15, 0.2) is 40.1 Å². The van der Waals surface area contributed by atoms with Crippen LogP contribution in [-0.2, 0) is 0 Å². The Labute approximate surface area is 134 Å². The zero-order valence-corrected chi connectivity index (χ0v) is 13.7. The first-order valence-corrected chi connectivity index (χ1v) is 5.31. The van der Waals surface area contributed by atoms with Crippen molar-refractivity contribution >= 4 is 34.0 Å². The van der Waals surface area contributed by atoms with Crippen molar-refractivity contribution in [2.75, 3.05) is 7.11 Å². The van der Waals surface area contributed by atoms with Crippen LogP contribution in [0.4, 0.5) is 0 Å². The monoisotopic (exact) mass is 400 g/mol. The normalized spacial score (nSPS) is 9.85. The quantitative estimate of drug-likeness (QED) is 0.652. The van der Waals surface area contributed by atoms with E-state index in [-0.39, 0.29) is 39.2 Å². The van der Waals surface area contributed by atoms with Crippen molar-refractivity contribution < 1.29 is 4.74 Å². The van der Waals surface area contributed by atoms with Gasteiger partial charge in [0.1, 0.15) is 5.75 Å². The van der Waals surface area contributed by atoms with Crippen LogP contribution in [0.5, 0.6) is 5.75 Å². The van der Waals surface area contributed by atoms with Gasteiger partial charge in [-0.05, 0) is 24.3 Å². The van der Waals surface area contributed by atoms with Crippen LogP contribution in [0.1, 0.15) is 0 Å². The number of rotatable bonds is 2. The Bertz CT molecular complexity index is 853. The largest absolute Gasteiger partial charge is 0.497 e. The first-order valence-electron chi connectivity index (χ1n) is 5.31. The maximum absolute atomic E-state index is 11.6. The summed E-state index contributed by atoms with van der Waals surface area (Å²) in [6, 6.07) is 7.02. The minimum absolute atomic E-state index is 0. The average Bonchev–Trinajstić information content (AvgIpc) is 2.92. The second-order valence-corrected chi connectivity index (χ2v) is 3.85. The molecule has 104 valence electrons. The molecule has 0 aliphatic carbocycles. The molecule has 0 saturated heterocycles. The maximum atomic E-state index is 11.6. The van der Waals surface area contributed by atoms with E-state index in [0.717, 1.165) is 0 Å². The summed E-state index contributed by atoms with van der Waals surface area (Å²) in [5.74, 6) is 0.701. The molecule has 0 spiro atoms. The van der Waals surface area contributed by atoms with Gasteiger partial charge in [0.2, 0.25) is 0 Å². The molecule has 0 atom stereocenters. The summed E-state index contributed by atoms with van der Waals surface area (Å²) in [7, 11) is 1.57. The van der Waals surface area contributed by atoms with Crippen molar-refractivity contribution in [2.45, 2.75) is 0 Å². The fourth-order valence-corrected chi connectivity index (χ4v) is 1.93. The summed E-state index contributed by atoms with van der Waals surface area (Å²) < 4.78 is 5.05. The SMILES string of the molecule is Br.Br.COc1ccc(-c2nc(=O)c3cnc(=O)c2=3)cc1. The predicted molar refractivity (Wildman–Crippen MR) is 84.9 cm³/mol. The van der Waals surface area contributed by atoms with Gasteiger partial charge in [-0.2, -0.15) is 0 Å². The van der Waals surface area contributed by atoms with E-state index in [1.54, 1.807) is 31.4 Å². The first kappa shape index (κ1) is 16.5. The lowest BCUT2D eigenvalue weighted by Gasteiger charge is -2.00. The molecule has 0 saturated carbocycles. The van der Waals surface area contributed by atoms with Gasteiger partial charge < -0.3 is 4.74 Å². The van der Waals surface area contributed by atoms with Crippen LogP contribution in [0.2, 0.25) is 0 Å². The Morgan fingerprint density at radius 2 is 1.65 bits per heavy atom. The zero-order chi connectivity index (χ0) is 12.7. The minimum atomic E-state index is -0.412. The second kappa shape index (κ2) is 6.23. The highest BCUT2D eigenvalue weighted by atomic mass is 79.9. The van der Waals surface area contributed by atoms with E-state index in [1.165, 1.54) is 6.20 Å². The van der Waals surface area contributed by atoms with Crippen LogP contribution in [-0.4, -0.2) is 17.1 Å². The van der Waals surface area contributed by atoms with E-state index in [2.05, 4.69) is 9.97 Å². The number of halogens is 2. The summed E-state index contributed by atoms with van der Waals surface area (Å²) in [6.45, 7) is 0. The number of aromatic nitrogens is 2. The van der Waals surface area contributed by atoms with Crippen molar-refractivity contribution in [2.24, 2.45) is 0 Å². The number of ether oxygens (including phenoxy) is 1. The van der Waals surface area contributed by atoms with Gasteiger partial charge in [-0.3, -0.25) is 9.59 Å². The number of nitrogens with zero attached hydrogens (tertiary/aromatic N) is 2. The van der Waals surface area contributed by atoms with Gasteiger partial charge in [0.25, 0.3) is 11.1 Å². The number of hydrogen-bond acceptors (Lipinski definition) is 5. The highest BCUT2D eigenvalue weighted by molar-refractivity contribution is 8.93. The topological polar surface area (TPSA) is 69.2 Å². The van der Waals surface area contributed by atoms with Gasteiger partial charge in [0, 0.05) is 11.8 Å². The fourth-order valence-electron chi connectivity index (χ4n) is 1.93. The molecule has 20 heavy (non-hydrogen) atoms. The molecule has 1 aromatic rings. The molecule has 0 fully saturated rings. The van der Waals surface area contributed by atoms with Gasteiger partial charge in [-0.1, -0.05) is 0 Å². The lowest BCUT2D eigenvalue weighted by atomic mass is 10.1. The van der Waals surface area contributed by atoms with E-state index in [9.17, 15) is 9.59 Å². The van der Waals surface area contributed by atoms with Gasteiger partial charge in [-0.15, -0.1) is 34.0 Å². The number of hydrogen-bond donors (Lipinski definition) is 0. The van der Waals surface area contributed by atoms with E-state index < -0.39 is 11.1 Å². The third-order valence-corrected chi connectivity index (χ3v) is 2.84. The zero-order valence-electron chi connectivity index (χ0n) is 10.3. The molecule has 0 bridgehead atoms. The van der Waals surface area contributed by atoms with Crippen molar-refractivity contribution in [3.05, 3.63) is 61.6 Å². The Balaban J connectivity index is 0.000001000. The predicted octanol–water partition coefficient (Wildman–Crippen LogP) is 1.63. The second-order valence-electron chi connectivity index (χ2n) is 3.85. The van der Waals surface area contributed by atoms with E-state index in [1.807, 2.05) is 0 Å². The van der Waals surface area contributed by atoms with Crippen LogP contribution < -0.4 is 15.9 Å². The average molecular weight is 402 g/mol. The Hall–Kier alpha value is -1.60. The highest BCUT2D eigenvalue weighted by Crippen LogP contribution is 2.20. The molecule has 0 N–H and O–H groups in total. The summed E-state index contributed by atoms with van der Waals surface area (Å²) in [5, 5.41) is 0.580. The van der Waals surface area contributed by atoms with Gasteiger partial charge >= 0.3 is 0 Å². The summed E-state index contributed by atoms with van der Waals surface area (Å²) >= 11 is 0. The third-order valence-electron chi connectivity index (χ3n) is 2.84. The van der Waals surface area contributed by atoms with Gasteiger partial charge in [-0.25, -0.2) is 9.97 Å². The van der Waals surface area contributed by atoms with Crippen LogP contribution in [0, 0.1) is 10.4 Å². The molecular formula is C13H10Br2N2O3. The van der Waals surface area contributed by atoms with Crippen LogP contribution >= 0.6 is 34.0 Å². The number of methoxy groups -OCH3 is 1. The molecule has 7 heteroatoms. The summed E-state index contributed by atoms with van der Waals surface area (Å²) in [4.78, 5) is 30.7. The lowest BCUT2D eigenvalue weighted by molar-refractivity contribution is 0.415. The smallest absolute Gasteiger partial charge is 0.280 e. The molecule has 2 aliphatic heterocycles. The van der Waals surface area contributed by atoms with E-state index >= 15 is 0 Å². The van der Waals surface area contributed by atoms with Crippen molar-refractivity contribution in [3.8, 4) is 17.0 Å². The molecule has 0 aromatic heterocycles. The van der Waals surface area contributed by atoms with Gasteiger partial charge in [0.05, 0.1) is 23.2 Å². The Morgan fingerprint density at radius 3 is 2.25 bits per heavy atom. The Morgan fingerprint density at radius 1 is 1.00 bits per heavy atom. The summed E-state index contributed by atoms with van der Waals surface area (Å²) in [6.07, 6.45) is 1.28. The van der Waals surface area contributed by atoms with Crippen molar-refractivity contribution in [1.29, 1.82) is 0 Å². The lowest BCUT2D eigenvalue weighted by Crippen LogP contribution is -2.01. The van der Waals surface area contributed by atoms with Gasteiger partial charge in [0.15, 0.2) is 0 Å². The molecule has 0 amide bonds. The minimum Gasteiger partial charge on any atom is -0.497 e. The molecule has 1 aromatic carbocycles. The molecule has 3 rings (SSSR count). The van der Waals surface area contributed by atoms with Crippen molar-refractivity contribution in [3.63, 3.8) is 0 Å².